The van der Waals surface area contributed by atoms with E-state index in [4.69, 9.17) is 17.3 Å². The maximum absolute atomic E-state index is 6.29. The molecule has 0 bridgehead atoms. The summed E-state index contributed by atoms with van der Waals surface area (Å²) in [4.78, 5) is 1.07. The molecule has 4 heteroatoms. The zero-order valence-corrected chi connectivity index (χ0v) is 14.4. The molecule has 0 radical (unpaired) electrons. The second kappa shape index (κ2) is 5.57. The Morgan fingerprint density at radius 1 is 1.21 bits per heavy atom. The van der Waals surface area contributed by atoms with Gasteiger partial charge in [-0.25, -0.2) is 0 Å². The first kappa shape index (κ1) is 15.0. The molecule has 1 aromatic heterocycles. The summed E-state index contributed by atoms with van der Waals surface area (Å²) >= 11 is 11.1. The molecule has 0 saturated carbocycles. The molecule has 1 atom stereocenters. The number of rotatable bonds is 2. The first-order valence-electron chi connectivity index (χ1n) is 6.10. The van der Waals surface area contributed by atoms with Crippen molar-refractivity contribution in [1.29, 1.82) is 0 Å². The average molecular weight is 359 g/mol. The molecule has 1 nitrogen and oxygen atoms in total. The summed E-state index contributed by atoms with van der Waals surface area (Å²) < 4.78 is 0.936. The Labute approximate surface area is 131 Å². The lowest BCUT2D eigenvalue weighted by Crippen LogP contribution is -2.13. The maximum atomic E-state index is 6.29. The minimum absolute atomic E-state index is 0.122. The van der Waals surface area contributed by atoms with Crippen molar-refractivity contribution in [2.24, 2.45) is 5.73 Å². The molecule has 0 saturated heterocycles. The highest BCUT2D eigenvalue weighted by atomic mass is 79.9. The van der Waals surface area contributed by atoms with Crippen LogP contribution in [0.25, 0.3) is 0 Å². The Hall–Kier alpha value is -0.350. The van der Waals surface area contributed by atoms with Crippen molar-refractivity contribution in [1.82, 2.24) is 0 Å². The van der Waals surface area contributed by atoms with Gasteiger partial charge in [0.05, 0.1) is 14.9 Å². The van der Waals surface area contributed by atoms with Gasteiger partial charge >= 0.3 is 0 Å². The SMILES string of the molecule is CC(C)(C)c1ccc(C(N)c2cc(Cl)c(Br)s2)cc1. The molecule has 2 aromatic rings. The van der Waals surface area contributed by atoms with Gasteiger partial charge in [0.2, 0.25) is 0 Å². The molecule has 2 N–H and O–H groups in total. The molecule has 0 aliphatic heterocycles. The molecule has 2 rings (SSSR count). The second-order valence-electron chi connectivity index (χ2n) is 5.62. The molecule has 102 valence electrons. The van der Waals surface area contributed by atoms with Crippen LogP contribution in [0.3, 0.4) is 0 Å². The van der Waals surface area contributed by atoms with E-state index < -0.39 is 0 Å². The molecular formula is C15H17BrClNS. The van der Waals surface area contributed by atoms with Crippen molar-refractivity contribution in [2.75, 3.05) is 0 Å². The Kier molecular flexibility index (Phi) is 4.41. The summed E-state index contributed by atoms with van der Waals surface area (Å²) in [5.41, 5.74) is 8.88. The second-order valence-corrected chi connectivity index (χ2v) is 8.43. The third-order valence-corrected chi connectivity index (χ3v) is 5.66. The summed E-state index contributed by atoms with van der Waals surface area (Å²) in [6, 6.07) is 10.3. The van der Waals surface area contributed by atoms with E-state index in [9.17, 15) is 0 Å². The van der Waals surface area contributed by atoms with Crippen molar-refractivity contribution in [3.05, 3.63) is 55.1 Å². The quantitative estimate of drug-likeness (QED) is 0.752. The van der Waals surface area contributed by atoms with E-state index >= 15 is 0 Å². The lowest BCUT2D eigenvalue weighted by atomic mass is 9.86. The van der Waals surface area contributed by atoms with Crippen LogP contribution in [-0.4, -0.2) is 0 Å². The maximum Gasteiger partial charge on any atom is 0.0888 e. The van der Waals surface area contributed by atoms with Crippen LogP contribution in [0.5, 0.6) is 0 Å². The Morgan fingerprint density at radius 2 is 1.79 bits per heavy atom. The van der Waals surface area contributed by atoms with Gasteiger partial charge in [0, 0.05) is 4.88 Å². The fraction of sp³-hybridized carbons (Fsp3) is 0.333. The van der Waals surface area contributed by atoms with Gasteiger partial charge in [-0.05, 0) is 38.5 Å². The highest BCUT2D eigenvalue weighted by Gasteiger charge is 2.16. The number of thiophene rings is 1. The molecule has 0 aliphatic carbocycles. The number of hydrogen-bond acceptors (Lipinski definition) is 2. The van der Waals surface area contributed by atoms with Gasteiger partial charge in [0.15, 0.2) is 0 Å². The molecular weight excluding hydrogens is 342 g/mol. The van der Waals surface area contributed by atoms with E-state index in [1.165, 1.54) is 5.56 Å². The Balaban J connectivity index is 2.27. The fourth-order valence-electron chi connectivity index (χ4n) is 1.87. The Bertz CT molecular complexity index is 549. The van der Waals surface area contributed by atoms with Gasteiger partial charge in [-0.1, -0.05) is 56.6 Å². The van der Waals surface area contributed by atoms with E-state index in [1.54, 1.807) is 11.3 Å². The molecule has 0 aliphatic rings. The predicted octanol–water partition coefficient (Wildman–Crippen LogP) is 5.51. The van der Waals surface area contributed by atoms with E-state index in [0.29, 0.717) is 0 Å². The average Bonchev–Trinajstić information content (AvgIpc) is 2.68. The van der Waals surface area contributed by atoms with Crippen molar-refractivity contribution in [2.45, 2.75) is 32.2 Å². The van der Waals surface area contributed by atoms with Crippen molar-refractivity contribution >= 4 is 38.9 Å². The van der Waals surface area contributed by atoms with Crippen LogP contribution in [-0.2, 0) is 5.41 Å². The summed E-state index contributed by atoms with van der Waals surface area (Å²) in [5, 5.41) is 0.724. The molecule has 1 heterocycles. The molecule has 0 amide bonds. The third-order valence-electron chi connectivity index (χ3n) is 3.11. The normalized spacial score (nSPS) is 13.6. The van der Waals surface area contributed by atoms with Crippen LogP contribution >= 0.6 is 38.9 Å². The smallest absolute Gasteiger partial charge is 0.0888 e. The first-order valence-corrected chi connectivity index (χ1v) is 8.08. The zero-order valence-electron chi connectivity index (χ0n) is 11.2. The van der Waals surface area contributed by atoms with Crippen LogP contribution < -0.4 is 5.73 Å². The summed E-state index contributed by atoms with van der Waals surface area (Å²) in [5.74, 6) is 0. The molecule has 1 aromatic carbocycles. The van der Waals surface area contributed by atoms with Gasteiger partial charge in [0.1, 0.15) is 0 Å². The van der Waals surface area contributed by atoms with Crippen molar-refractivity contribution in [3.8, 4) is 0 Å². The lowest BCUT2D eigenvalue weighted by Gasteiger charge is -2.20. The third kappa shape index (κ3) is 3.40. The van der Waals surface area contributed by atoms with Crippen LogP contribution in [0.15, 0.2) is 34.1 Å². The molecule has 0 fully saturated rings. The highest BCUT2D eigenvalue weighted by Crippen LogP contribution is 2.36. The van der Waals surface area contributed by atoms with Crippen LogP contribution in [0.4, 0.5) is 0 Å². The van der Waals surface area contributed by atoms with E-state index in [2.05, 4.69) is 61.0 Å². The van der Waals surface area contributed by atoms with E-state index in [0.717, 1.165) is 19.2 Å². The van der Waals surface area contributed by atoms with E-state index in [-0.39, 0.29) is 11.5 Å². The minimum atomic E-state index is -0.122. The van der Waals surface area contributed by atoms with Crippen LogP contribution in [0.2, 0.25) is 5.02 Å². The number of nitrogens with two attached hydrogens (primary N) is 1. The van der Waals surface area contributed by atoms with E-state index in [1.807, 2.05) is 6.07 Å². The molecule has 19 heavy (non-hydrogen) atoms. The van der Waals surface area contributed by atoms with Gasteiger partial charge in [-0.3, -0.25) is 0 Å². The molecule has 1 unspecified atom stereocenters. The summed E-state index contributed by atoms with van der Waals surface area (Å²) in [6.45, 7) is 6.62. The van der Waals surface area contributed by atoms with Crippen molar-refractivity contribution in [3.63, 3.8) is 0 Å². The largest absolute Gasteiger partial charge is 0.320 e. The zero-order chi connectivity index (χ0) is 14.2. The standard InChI is InChI=1S/C15H17BrClNS/c1-15(2,3)10-6-4-9(5-7-10)13(18)12-8-11(17)14(16)19-12/h4-8,13H,18H2,1-3H3. The predicted molar refractivity (Wildman–Crippen MR) is 88.2 cm³/mol. The van der Waals surface area contributed by atoms with Crippen LogP contribution in [0.1, 0.15) is 42.8 Å². The van der Waals surface area contributed by atoms with Gasteiger partial charge in [-0.15, -0.1) is 11.3 Å². The highest BCUT2D eigenvalue weighted by molar-refractivity contribution is 9.11. The number of hydrogen-bond donors (Lipinski definition) is 1. The Morgan fingerprint density at radius 3 is 2.21 bits per heavy atom. The number of benzene rings is 1. The van der Waals surface area contributed by atoms with Crippen LogP contribution in [0, 0.1) is 0 Å². The summed E-state index contributed by atoms with van der Waals surface area (Å²) in [6.07, 6.45) is 0. The topological polar surface area (TPSA) is 26.0 Å². The summed E-state index contributed by atoms with van der Waals surface area (Å²) in [7, 11) is 0. The fourth-order valence-corrected chi connectivity index (χ4v) is 3.65. The molecule has 0 spiro atoms. The minimum Gasteiger partial charge on any atom is -0.320 e. The monoisotopic (exact) mass is 357 g/mol. The first-order chi connectivity index (χ1) is 8.79. The van der Waals surface area contributed by atoms with Gasteiger partial charge in [0.25, 0.3) is 0 Å². The van der Waals surface area contributed by atoms with Crippen molar-refractivity contribution < 1.29 is 0 Å². The van der Waals surface area contributed by atoms with Gasteiger partial charge < -0.3 is 5.73 Å². The van der Waals surface area contributed by atoms with Gasteiger partial charge in [-0.2, -0.15) is 0 Å². The lowest BCUT2D eigenvalue weighted by molar-refractivity contribution is 0.590. The number of halogens is 2.